The Morgan fingerprint density at radius 2 is 1.81 bits per heavy atom. The van der Waals surface area contributed by atoms with Crippen LogP contribution in [0, 0.1) is 0 Å². The fourth-order valence-corrected chi connectivity index (χ4v) is 5.30. The molecule has 1 fully saturated rings. The van der Waals surface area contributed by atoms with Crippen LogP contribution in [0.2, 0.25) is 5.02 Å². The van der Waals surface area contributed by atoms with Gasteiger partial charge in [0.1, 0.15) is 10.6 Å². The number of hydrogen-bond donors (Lipinski definition) is 0. The molecule has 3 heterocycles. The Bertz CT molecular complexity index is 1170. The van der Waals surface area contributed by atoms with E-state index in [1.165, 1.54) is 15.2 Å². The Labute approximate surface area is 186 Å². The number of carbonyl (C=O) groups excluding carboxylic acids is 1. The third kappa shape index (κ3) is 4.63. The van der Waals surface area contributed by atoms with Crippen molar-refractivity contribution in [3.8, 4) is 11.3 Å². The lowest BCUT2D eigenvalue weighted by Crippen LogP contribution is -2.50. The summed E-state index contributed by atoms with van der Waals surface area (Å²) >= 11 is 5.89. The second-order valence-corrected chi connectivity index (χ2v) is 9.69. The van der Waals surface area contributed by atoms with E-state index in [9.17, 15) is 13.2 Å². The van der Waals surface area contributed by atoms with E-state index < -0.39 is 10.0 Å². The molecule has 162 valence electrons. The maximum absolute atomic E-state index is 13.3. The minimum Gasteiger partial charge on any atom is -0.340 e. The van der Waals surface area contributed by atoms with E-state index >= 15 is 0 Å². The summed E-state index contributed by atoms with van der Waals surface area (Å²) in [6.45, 7) is 1.15. The van der Waals surface area contributed by atoms with Gasteiger partial charge >= 0.3 is 0 Å². The Kier molecular flexibility index (Phi) is 6.08. The number of rotatable bonds is 5. The Morgan fingerprint density at radius 3 is 2.45 bits per heavy atom. The first kappa shape index (κ1) is 21.5. The molecule has 4 rings (SSSR count). The maximum atomic E-state index is 13.3. The second kappa shape index (κ2) is 8.78. The molecule has 1 aromatic carbocycles. The molecule has 1 amide bonds. The van der Waals surface area contributed by atoms with Crippen LogP contribution in [0.4, 0.5) is 0 Å². The molecule has 0 atom stereocenters. The van der Waals surface area contributed by atoms with Gasteiger partial charge in [-0.3, -0.25) is 14.5 Å². The molecular formula is C21H22ClN5O3S. The molecule has 31 heavy (non-hydrogen) atoms. The van der Waals surface area contributed by atoms with Crippen LogP contribution in [0.15, 0.2) is 59.9 Å². The lowest BCUT2D eigenvalue weighted by atomic mass is 10.1. The zero-order valence-corrected chi connectivity index (χ0v) is 18.6. The monoisotopic (exact) mass is 459 g/mol. The summed E-state index contributed by atoms with van der Waals surface area (Å²) in [5.74, 6) is -0.0307. The first-order valence-corrected chi connectivity index (χ1v) is 11.6. The van der Waals surface area contributed by atoms with E-state index in [1.54, 1.807) is 48.6 Å². The SMILES string of the molecule is Cn1cc(S(=O)(=O)N2CCN(C(=O)Cc3ccc(Cl)cc3)CC2)c(-c2cccnc2)n1. The summed E-state index contributed by atoms with van der Waals surface area (Å²) in [5, 5.41) is 4.96. The highest BCUT2D eigenvalue weighted by atomic mass is 35.5. The Hall–Kier alpha value is -2.75. The summed E-state index contributed by atoms with van der Waals surface area (Å²) in [6, 6.07) is 10.7. The van der Waals surface area contributed by atoms with Crippen molar-refractivity contribution in [2.75, 3.05) is 26.2 Å². The van der Waals surface area contributed by atoms with E-state index in [2.05, 4.69) is 10.1 Å². The van der Waals surface area contributed by atoms with E-state index in [-0.39, 0.29) is 30.3 Å². The molecule has 10 heteroatoms. The van der Waals surface area contributed by atoms with Crippen molar-refractivity contribution in [2.45, 2.75) is 11.3 Å². The van der Waals surface area contributed by atoms with Crippen molar-refractivity contribution in [1.29, 1.82) is 0 Å². The van der Waals surface area contributed by atoms with Crippen LogP contribution in [0.3, 0.4) is 0 Å². The number of amides is 1. The molecule has 0 spiro atoms. The summed E-state index contributed by atoms with van der Waals surface area (Å²) in [5.41, 5.74) is 1.89. The zero-order valence-electron chi connectivity index (χ0n) is 17.0. The van der Waals surface area contributed by atoms with Gasteiger partial charge in [-0.05, 0) is 29.8 Å². The van der Waals surface area contributed by atoms with Crippen molar-refractivity contribution < 1.29 is 13.2 Å². The average Bonchev–Trinajstić information content (AvgIpc) is 3.19. The largest absolute Gasteiger partial charge is 0.340 e. The van der Waals surface area contributed by atoms with Crippen LogP contribution in [0.25, 0.3) is 11.3 Å². The molecule has 8 nitrogen and oxygen atoms in total. The number of carbonyl (C=O) groups is 1. The van der Waals surface area contributed by atoms with Crippen molar-refractivity contribution in [3.63, 3.8) is 0 Å². The lowest BCUT2D eigenvalue weighted by Gasteiger charge is -2.34. The number of benzene rings is 1. The van der Waals surface area contributed by atoms with Crippen LogP contribution >= 0.6 is 11.6 Å². The number of pyridine rings is 1. The number of piperazine rings is 1. The number of hydrogen-bond acceptors (Lipinski definition) is 5. The van der Waals surface area contributed by atoms with E-state index in [0.717, 1.165) is 5.56 Å². The van der Waals surface area contributed by atoms with Gasteiger partial charge in [-0.1, -0.05) is 23.7 Å². The Balaban J connectivity index is 1.46. The lowest BCUT2D eigenvalue weighted by molar-refractivity contribution is -0.131. The number of sulfonamides is 1. The normalized spacial score (nSPS) is 15.2. The molecule has 0 N–H and O–H groups in total. The van der Waals surface area contributed by atoms with Gasteiger partial charge in [0.25, 0.3) is 0 Å². The maximum Gasteiger partial charge on any atom is 0.246 e. The quantitative estimate of drug-likeness (QED) is 0.583. The molecule has 0 saturated carbocycles. The van der Waals surface area contributed by atoms with Crippen molar-refractivity contribution in [2.24, 2.45) is 7.05 Å². The highest BCUT2D eigenvalue weighted by molar-refractivity contribution is 7.89. The predicted octanol–water partition coefficient (Wildman–Crippen LogP) is 2.21. The standard InChI is InChI=1S/C21H22ClN5O3S/c1-25-15-19(21(24-25)17-3-2-8-23-14-17)31(29,30)27-11-9-26(10-12-27)20(28)13-16-4-6-18(22)7-5-16/h2-8,14-15H,9-13H2,1H3. The van der Waals surface area contributed by atoms with E-state index in [1.807, 2.05) is 12.1 Å². The third-order valence-corrected chi connectivity index (χ3v) is 7.36. The van der Waals surface area contributed by atoms with Gasteiger partial charge in [-0.15, -0.1) is 0 Å². The van der Waals surface area contributed by atoms with Gasteiger partial charge in [0.2, 0.25) is 15.9 Å². The summed E-state index contributed by atoms with van der Waals surface area (Å²) in [6.07, 6.45) is 4.99. The molecular weight excluding hydrogens is 438 g/mol. The minimum absolute atomic E-state index is 0.0307. The van der Waals surface area contributed by atoms with Gasteiger partial charge in [0, 0.05) is 62.4 Å². The van der Waals surface area contributed by atoms with E-state index in [0.29, 0.717) is 29.4 Å². The molecule has 0 radical (unpaired) electrons. The van der Waals surface area contributed by atoms with Crippen LogP contribution in [-0.2, 0) is 28.3 Å². The van der Waals surface area contributed by atoms with Crippen molar-refractivity contribution in [1.82, 2.24) is 24.0 Å². The van der Waals surface area contributed by atoms with Crippen molar-refractivity contribution >= 4 is 27.5 Å². The topological polar surface area (TPSA) is 88.4 Å². The van der Waals surface area contributed by atoms with Gasteiger partial charge in [0.15, 0.2) is 0 Å². The minimum atomic E-state index is -3.76. The Morgan fingerprint density at radius 1 is 1.10 bits per heavy atom. The third-order valence-electron chi connectivity index (χ3n) is 5.21. The number of halogens is 1. The number of aryl methyl sites for hydroxylation is 1. The molecule has 0 bridgehead atoms. The molecule has 1 aliphatic heterocycles. The average molecular weight is 460 g/mol. The summed E-state index contributed by atoms with van der Waals surface area (Å²) < 4.78 is 29.6. The van der Waals surface area contributed by atoms with Crippen LogP contribution in [0.1, 0.15) is 5.56 Å². The summed E-state index contributed by atoms with van der Waals surface area (Å²) in [4.78, 5) is 18.5. The highest BCUT2D eigenvalue weighted by Crippen LogP contribution is 2.28. The smallest absolute Gasteiger partial charge is 0.246 e. The first-order chi connectivity index (χ1) is 14.8. The molecule has 1 saturated heterocycles. The van der Waals surface area contributed by atoms with E-state index in [4.69, 9.17) is 11.6 Å². The van der Waals surface area contributed by atoms with Gasteiger partial charge < -0.3 is 4.90 Å². The molecule has 3 aromatic rings. The predicted molar refractivity (Wildman–Crippen MR) is 117 cm³/mol. The highest BCUT2D eigenvalue weighted by Gasteiger charge is 2.33. The molecule has 2 aromatic heterocycles. The van der Waals surface area contributed by atoms with Crippen LogP contribution in [-0.4, -0.2) is 64.5 Å². The van der Waals surface area contributed by atoms with Gasteiger partial charge in [-0.2, -0.15) is 9.40 Å². The fraction of sp³-hybridized carbons (Fsp3) is 0.286. The van der Waals surface area contributed by atoms with Gasteiger partial charge in [-0.25, -0.2) is 8.42 Å². The van der Waals surface area contributed by atoms with Crippen molar-refractivity contribution in [3.05, 3.63) is 65.6 Å². The van der Waals surface area contributed by atoms with Crippen LogP contribution in [0.5, 0.6) is 0 Å². The molecule has 0 aliphatic carbocycles. The number of aromatic nitrogens is 3. The van der Waals surface area contributed by atoms with Crippen LogP contribution < -0.4 is 0 Å². The first-order valence-electron chi connectivity index (χ1n) is 9.81. The summed E-state index contributed by atoms with van der Waals surface area (Å²) in [7, 11) is -2.08. The number of nitrogens with zero attached hydrogens (tertiary/aromatic N) is 5. The molecule has 0 unspecified atom stereocenters. The van der Waals surface area contributed by atoms with Gasteiger partial charge in [0.05, 0.1) is 6.42 Å². The fourth-order valence-electron chi connectivity index (χ4n) is 3.56. The molecule has 1 aliphatic rings. The second-order valence-electron chi connectivity index (χ2n) is 7.35. The zero-order chi connectivity index (χ0) is 22.0.